The fraction of sp³-hybridized carbons (Fsp3) is 0.429. The molecule has 138 valence electrons. The molecule has 1 heterocycles. The molecular weight excluding hydrogens is 326 g/mol. The van der Waals surface area contributed by atoms with Gasteiger partial charge in [-0.2, -0.15) is 5.26 Å². The highest BCUT2D eigenvalue weighted by Gasteiger charge is 2.24. The first-order valence-electron chi connectivity index (χ1n) is 8.71. The fourth-order valence-corrected chi connectivity index (χ4v) is 2.78. The Balaban J connectivity index is 1.97. The lowest BCUT2D eigenvalue weighted by atomic mass is 9.85. The monoisotopic (exact) mass is 353 g/mol. The number of hydrogen-bond acceptors (Lipinski definition) is 4. The van der Waals surface area contributed by atoms with Gasteiger partial charge in [0.1, 0.15) is 11.3 Å². The smallest absolute Gasteiger partial charge is 0.228 e. The maximum absolute atomic E-state index is 12.3. The first kappa shape index (κ1) is 19.6. The molecule has 1 aliphatic rings. The number of benzene rings is 1. The van der Waals surface area contributed by atoms with Crippen LogP contribution in [-0.2, 0) is 16.6 Å². The van der Waals surface area contributed by atoms with Crippen molar-refractivity contribution in [2.75, 3.05) is 6.54 Å². The maximum Gasteiger partial charge on any atom is 0.228 e. The van der Waals surface area contributed by atoms with Gasteiger partial charge >= 0.3 is 0 Å². The molecule has 1 amide bonds. The van der Waals surface area contributed by atoms with Crippen LogP contribution in [0.5, 0.6) is 5.75 Å². The number of phenolic OH excluding ortho intramolecular Hbond substituents is 1. The molecule has 1 aliphatic heterocycles. The summed E-state index contributed by atoms with van der Waals surface area (Å²) in [4.78, 5) is 14.2. The summed E-state index contributed by atoms with van der Waals surface area (Å²) < 4.78 is 0. The molecule has 0 fully saturated rings. The van der Waals surface area contributed by atoms with Gasteiger partial charge in [-0.3, -0.25) is 4.79 Å². The lowest BCUT2D eigenvalue weighted by Crippen LogP contribution is -2.40. The SMILES string of the molecule is CC(C)(C)c1ccc(CC(=O)NC2=CCN(C(C)(C)C#N)C=C2)cc1O. The van der Waals surface area contributed by atoms with Crippen molar-refractivity contribution in [1.29, 1.82) is 5.26 Å². The van der Waals surface area contributed by atoms with Gasteiger partial charge in [-0.1, -0.05) is 32.9 Å². The van der Waals surface area contributed by atoms with Crippen molar-refractivity contribution in [1.82, 2.24) is 10.2 Å². The van der Waals surface area contributed by atoms with Gasteiger partial charge in [0.2, 0.25) is 5.91 Å². The zero-order valence-corrected chi connectivity index (χ0v) is 16.1. The number of nitrogens with zero attached hydrogens (tertiary/aromatic N) is 2. The van der Waals surface area contributed by atoms with Gasteiger partial charge in [0.25, 0.3) is 0 Å². The highest BCUT2D eigenvalue weighted by molar-refractivity contribution is 5.81. The van der Waals surface area contributed by atoms with Crippen molar-refractivity contribution in [3.63, 3.8) is 0 Å². The van der Waals surface area contributed by atoms with Crippen LogP contribution in [-0.4, -0.2) is 28.0 Å². The van der Waals surface area contributed by atoms with Crippen LogP contribution >= 0.6 is 0 Å². The Labute approximate surface area is 155 Å². The molecule has 2 rings (SSSR count). The number of nitrogens with one attached hydrogen (secondary N) is 1. The molecule has 0 aliphatic carbocycles. The second-order valence-electron chi connectivity index (χ2n) is 8.12. The molecule has 0 unspecified atom stereocenters. The molecule has 0 aromatic heterocycles. The van der Waals surface area contributed by atoms with E-state index in [0.717, 1.165) is 16.8 Å². The van der Waals surface area contributed by atoms with Crippen LogP contribution in [0.2, 0.25) is 0 Å². The number of aromatic hydroxyl groups is 1. The Morgan fingerprint density at radius 3 is 2.50 bits per heavy atom. The van der Waals surface area contributed by atoms with Crippen molar-refractivity contribution in [3.8, 4) is 11.8 Å². The van der Waals surface area contributed by atoms with Gasteiger partial charge in [0, 0.05) is 18.4 Å². The van der Waals surface area contributed by atoms with Crippen LogP contribution in [0, 0.1) is 11.3 Å². The summed E-state index contributed by atoms with van der Waals surface area (Å²) in [5.74, 6) is 0.0748. The molecule has 1 aromatic rings. The third-order valence-electron chi connectivity index (χ3n) is 4.45. The summed E-state index contributed by atoms with van der Waals surface area (Å²) in [6.45, 7) is 10.4. The van der Waals surface area contributed by atoms with Crippen molar-refractivity contribution < 1.29 is 9.90 Å². The number of allylic oxidation sites excluding steroid dienone is 1. The zero-order valence-electron chi connectivity index (χ0n) is 16.1. The van der Waals surface area contributed by atoms with E-state index in [1.807, 2.05) is 63.9 Å². The topological polar surface area (TPSA) is 76.4 Å². The summed E-state index contributed by atoms with van der Waals surface area (Å²) in [5.41, 5.74) is 1.61. The number of phenols is 1. The van der Waals surface area contributed by atoms with Gasteiger partial charge in [-0.15, -0.1) is 0 Å². The number of nitriles is 1. The van der Waals surface area contributed by atoms with Crippen molar-refractivity contribution in [2.45, 2.75) is 52.0 Å². The molecule has 5 nitrogen and oxygen atoms in total. The van der Waals surface area contributed by atoms with Crippen LogP contribution in [0.3, 0.4) is 0 Å². The number of rotatable bonds is 4. The molecular formula is C21H27N3O2. The lowest BCUT2D eigenvalue weighted by Gasteiger charge is -2.33. The first-order chi connectivity index (χ1) is 12.0. The number of amides is 1. The van der Waals surface area contributed by atoms with E-state index in [-0.39, 0.29) is 23.5 Å². The van der Waals surface area contributed by atoms with Crippen LogP contribution < -0.4 is 5.32 Å². The normalized spacial score (nSPS) is 14.6. The van der Waals surface area contributed by atoms with E-state index in [4.69, 9.17) is 0 Å². The van der Waals surface area contributed by atoms with E-state index in [9.17, 15) is 15.2 Å². The summed E-state index contributed by atoms with van der Waals surface area (Å²) in [5, 5.41) is 22.2. The second-order valence-corrected chi connectivity index (χ2v) is 8.12. The minimum atomic E-state index is -0.588. The van der Waals surface area contributed by atoms with Crippen LogP contribution in [0.1, 0.15) is 45.7 Å². The summed E-state index contributed by atoms with van der Waals surface area (Å²) >= 11 is 0. The Kier molecular flexibility index (Phi) is 5.46. The highest BCUT2D eigenvalue weighted by Crippen LogP contribution is 2.31. The molecule has 0 saturated heterocycles. The Hall–Kier alpha value is -2.74. The largest absolute Gasteiger partial charge is 0.508 e. The zero-order chi connectivity index (χ0) is 19.5. The lowest BCUT2D eigenvalue weighted by molar-refractivity contribution is -0.119. The molecule has 0 bridgehead atoms. The Morgan fingerprint density at radius 2 is 2.00 bits per heavy atom. The van der Waals surface area contributed by atoms with E-state index in [1.165, 1.54) is 0 Å². The van der Waals surface area contributed by atoms with E-state index in [1.54, 1.807) is 12.1 Å². The van der Waals surface area contributed by atoms with E-state index in [2.05, 4.69) is 11.4 Å². The third kappa shape index (κ3) is 4.66. The molecule has 26 heavy (non-hydrogen) atoms. The van der Waals surface area contributed by atoms with Crippen LogP contribution in [0.15, 0.2) is 42.2 Å². The minimum Gasteiger partial charge on any atom is -0.508 e. The minimum absolute atomic E-state index is 0.142. The predicted octanol–water partition coefficient (Wildman–Crippen LogP) is 3.36. The van der Waals surface area contributed by atoms with Crippen molar-refractivity contribution in [3.05, 3.63) is 53.4 Å². The van der Waals surface area contributed by atoms with Gasteiger partial charge in [-0.25, -0.2) is 0 Å². The van der Waals surface area contributed by atoms with Gasteiger partial charge < -0.3 is 15.3 Å². The van der Waals surface area contributed by atoms with Crippen LogP contribution in [0.25, 0.3) is 0 Å². The van der Waals surface area contributed by atoms with E-state index in [0.29, 0.717) is 6.54 Å². The van der Waals surface area contributed by atoms with Crippen LogP contribution in [0.4, 0.5) is 0 Å². The van der Waals surface area contributed by atoms with Gasteiger partial charge in [-0.05, 0) is 48.6 Å². The number of carbonyl (C=O) groups is 1. The quantitative estimate of drug-likeness (QED) is 0.870. The second kappa shape index (κ2) is 7.25. The summed E-state index contributed by atoms with van der Waals surface area (Å²) in [7, 11) is 0. The first-order valence-corrected chi connectivity index (χ1v) is 8.71. The van der Waals surface area contributed by atoms with Crippen molar-refractivity contribution in [2.24, 2.45) is 0 Å². The van der Waals surface area contributed by atoms with Gasteiger partial charge in [0.15, 0.2) is 0 Å². The van der Waals surface area contributed by atoms with Gasteiger partial charge in [0.05, 0.1) is 12.5 Å². The van der Waals surface area contributed by atoms with Crippen molar-refractivity contribution >= 4 is 5.91 Å². The summed E-state index contributed by atoms with van der Waals surface area (Å²) in [6.07, 6.45) is 5.69. The van der Waals surface area contributed by atoms with E-state index >= 15 is 0 Å². The Morgan fingerprint density at radius 1 is 1.31 bits per heavy atom. The summed E-state index contributed by atoms with van der Waals surface area (Å²) in [6, 6.07) is 7.66. The average Bonchev–Trinajstić information content (AvgIpc) is 2.54. The standard InChI is InChI=1S/C21H27N3O2/c1-20(2,3)17-7-6-15(12-18(17)25)13-19(26)23-16-8-10-24(11-9-16)21(4,5)14-22/h6-10,12,25H,11,13H2,1-5H3,(H,23,26). The Bertz CT molecular complexity index is 792. The molecule has 0 saturated carbocycles. The number of carbonyl (C=O) groups excluding carboxylic acids is 1. The predicted molar refractivity (Wildman–Crippen MR) is 102 cm³/mol. The highest BCUT2D eigenvalue weighted by atomic mass is 16.3. The fourth-order valence-electron chi connectivity index (χ4n) is 2.78. The molecule has 5 heteroatoms. The molecule has 2 N–H and O–H groups in total. The molecule has 1 aromatic carbocycles. The third-order valence-corrected chi connectivity index (χ3v) is 4.45. The average molecular weight is 353 g/mol. The number of hydrogen-bond donors (Lipinski definition) is 2. The molecule has 0 radical (unpaired) electrons. The maximum atomic E-state index is 12.3. The molecule has 0 atom stereocenters. The molecule has 0 spiro atoms. The van der Waals surface area contributed by atoms with E-state index < -0.39 is 5.54 Å².